The number of carbonyl (C=O) groups excluding carboxylic acids is 2. The highest BCUT2D eigenvalue weighted by molar-refractivity contribution is 6.34. The summed E-state index contributed by atoms with van der Waals surface area (Å²) in [6.45, 7) is 2.87. The number of benzene rings is 1. The molecule has 2 aromatic rings. The van der Waals surface area contributed by atoms with Gasteiger partial charge >= 0.3 is 5.97 Å². The van der Waals surface area contributed by atoms with Crippen LogP contribution in [0.4, 0.5) is 10.1 Å². The van der Waals surface area contributed by atoms with Crippen molar-refractivity contribution in [3.05, 3.63) is 52.1 Å². The van der Waals surface area contributed by atoms with Crippen LogP contribution in [0.1, 0.15) is 32.9 Å². The van der Waals surface area contributed by atoms with Crippen LogP contribution in [0.25, 0.3) is 11.6 Å². The molecule has 0 unspecified atom stereocenters. The number of hydrogen-bond acceptors (Lipinski definition) is 3. The van der Waals surface area contributed by atoms with E-state index in [1.165, 1.54) is 18.2 Å². The molecule has 8 heteroatoms. The van der Waals surface area contributed by atoms with Crippen LogP contribution in [-0.2, 0) is 9.59 Å². The Morgan fingerprint density at radius 3 is 2.73 bits per heavy atom. The number of carboxylic acid groups (broad SMARTS) is 1. The normalized spacial score (nSPS) is 14.3. The summed E-state index contributed by atoms with van der Waals surface area (Å²) in [5.41, 5.74) is 3.18. The van der Waals surface area contributed by atoms with Crippen molar-refractivity contribution in [2.24, 2.45) is 0 Å². The van der Waals surface area contributed by atoms with Crippen molar-refractivity contribution in [1.82, 2.24) is 10.3 Å². The predicted molar refractivity (Wildman–Crippen MR) is 93.1 cm³/mol. The Bertz CT molecular complexity index is 975. The molecule has 1 aliphatic rings. The fourth-order valence-electron chi connectivity index (χ4n) is 2.95. The van der Waals surface area contributed by atoms with E-state index in [1.54, 1.807) is 19.9 Å². The van der Waals surface area contributed by atoms with E-state index in [4.69, 9.17) is 5.11 Å². The lowest BCUT2D eigenvalue weighted by atomic mass is 10.0. The van der Waals surface area contributed by atoms with Crippen molar-refractivity contribution in [1.29, 1.82) is 0 Å². The number of aryl methyl sites for hydroxylation is 1. The van der Waals surface area contributed by atoms with Crippen molar-refractivity contribution in [3.63, 3.8) is 0 Å². The van der Waals surface area contributed by atoms with Gasteiger partial charge in [-0.1, -0.05) is 0 Å². The number of aromatic nitrogens is 1. The molecule has 2 heterocycles. The molecule has 0 saturated heterocycles. The summed E-state index contributed by atoms with van der Waals surface area (Å²) in [6.07, 6.45) is 1.55. The van der Waals surface area contributed by atoms with Crippen LogP contribution in [0.3, 0.4) is 0 Å². The maximum Gasteiger partial charge on any atom is 0.322 e. The van der Waals surface area contributed by atoms with E-state index in [9.17, 15) is 18.8 Å². The van der Waals surface area contributed by atoms with Crippen LogP contribution >= 0.6 is 0 Å². The zero-order valence-corrected chi connectivity index (χ0v) is 14.1. The van der Waals surface area contributed by atoms with Gasteiger partial charge in [0.15, 0.2) is 0 Å². The number of carboxylic acids is 1. The number of rotatable bonds is 4. The third-order valence-corrected chi connectivity index (χ3v) is 4.16. The number of fused-ring (bicyclic) bond motifs is 1. The van der Waals surface area contributed by atoms with Gasteiger partial charge in [-0.2, -0.15) is 0 Å². The summed E-state index contributed by atoms with van der Waals surface area (Å²) in [5, 5.41) is 13.7. The minimum Gasteiger partial charge on any atom is -0.480 e. The van der Waals surface area contributed by atoms with Crippen molar-refractivity contribution in [2.75, 3.05) is 11.9 Å². The number of amides is 2. The number of H-pyrrole nitrogens is 1. The van der Waals surface area contributed by atoms with Gasteiger partial charge in [-0.15, -0.1) is 0 Å². The first-order chi connectivity index (χ1) is 12.3. The minimum absolute atomic E-state index is 0.279. The molecule has 0 fully saturated rings. The molecule has 7 nitrogen and oxygen atoms in total. The monoisotopic (exact) mass is 357 g/mol. The summed E-state index contributed by atoms with van der Waals surface area (Å²) in [6, 6.07) is 4.02. The number of anilines is 1. The van der Waals surface area contributed by atoms with Gasteiger partial charge in [0.2, 0.25) is 0 Å². The highest BCUT2D eigenvalue weighted by atomic mass is 19.1. The summed E-state index contributed by atoms with van der Waals surface area (Å²) in [7, 11) is 0. The summed E-state index contributed by atoms with van der Waals surface area (Å²) in [4.78, 5) is 38.0. The quantitative estimate of drug-likeness (QED) is 0.628. The van der Waals surface area contributed by atoms with Crippen LogP contribution in [0, 0.1) is 19.7 Å². The molecule has 0 radical (unpaired) electrons. The summed E-state index contributed by atoms with van der Waals surface area (Å²) >= 11 is 0. The lowest BCUT2D eigenvalue weighted by Crippen LogP contribution is -2.29. The van der Waals surface area contributed by atoms with Gasteiger partial charge in [-0.25, -0.2) is 4.39 Å². The van der Waals surface area contributed by atoms with Gasteiger partial charge in [-0.05, 0) is 43.7 Å². The Labute approximate surface area is 147 Å². The van der Waals surface area contributed by atoms with E-state index in [2.05, 4.69) is 15.6 Å². The highest BCUT2D eigenvalue weighted by Crippen LogP contribution is 2.34. The van der Waals surface area contributed by atoms with E-state index < -0.39 is 24.2 Å². The zero-order valence-electron chi connectivity index (χ0n) is 14.1. The standard InChI is InChI=1S/C18H16FN3O4/c1-8-14(21-9(2)16(8)18(26)20-7-15(23)24)6-12-11-5-10(19)3-4-13(11)22-17(12)25/h3-6,21H,7H2,1-2H3,(H,20,26)(H,22,25)(H,23,24)/b12-6-. The molecule has 0 aliphatic carbocycles. The van der Waals surface area contributed by atoms with E-state index in [-0.39, 0.29) is 11.5 Å². The van der Waals surface area contributed by atoms with E-state index in [0.29, 0.717) is 33.8 Å². The lowest BCUT2D eigenvalue weighted by molar-refractivity contribution is -0.135. The van der Waals surface area contributed by atoms with Gasteiger partial charge in [-0.3, -0.25) is 14.4 Å². The van der Waals surface area contributed by atoms with Gasteiger partial charge in [0, 0.05) is 22.6 Å². The van der Waals surface area contributed by atoms with E-state index in [1.807, 2.05) is 0 Å². The van der Waals surface area contributed by atoms with Crippen LogP contribution in [0.15, 0.2) is 18.2 Å². The molecule has 0 atom stereocenters. The number of halogens is 1. The first-order valence-electron chi connectivity index (χ1n) is 7.80. The van der Waals surface area contributed by atoms with Gasteiger partial charge in [0.1, 0.15) is 12.4 Å². The molecule has 2 amide bonds. The van der Waals surface area contributed by atoms with Gasteiger partial charge in [0.05, 0.1) is 11.1 Å². The lowest BCUT2D eigenvalue weighted by Gasteiger charge is -2.03. The Hall–Kier alpha value is -3.42. The summed E-state index contributed by atoms with van der Waals surface area (Å²) in [5.74, 6) is -2.49. The minimum atomic E-state index is -1.15. The molecule has 1 aliphatic heterocycles. The van der Waals surface area contributed by atoms with Crippen LogP contribution in [0.5, 0.6) is 0 Å². The molecule has 0 spiro atoms. The second-order valence-electron chi connectivity index (χ2n) is 5.94. The van der Waals surface area contributed by atoms with Gasteiger partial charge in [0.25, 0.3) is 11.8 Å². The average Bonchev–Trinajstić information content (AvgIpc) is 3.02. The fourth-order valence-corrected chi connectivity index (χ4v) is 2.95. The van der Waals surface area contributed by atoms with Crippen molar-refractivity contribution in [2.45, 2.75) is 13.8 Å². The second kappa shape index (κ2) is 6.47. The number of hydrogen-bond donors (Lipinski definition) is 4. The molecule has 26 heavy (non-hydrogen) atoms. The number of aromatic amines is 1. The molecule has 0 saturated carbocycles. The third-order valence-electron chi connectivity index (χ3n) is 4.16. The van der Waals surface area contributed by atoms with Crippen LogP contribution in [0.2, 0.25) is 0 Å². The number of aliphatic carboxylic acids is 1. The SMILES string of the molecule is Cc1[nH]c(/C=C2\C(=O)Nc3ccc(F)cc32)c(C)c1C(=O)NCC(=O)O. The Kier molecular flexibility index (Phi) is 4.33. The van der Waals surface area contributed by atoms with Crippen LogP contribution < -0.4 is 10.6 Å². The Balaban J connectivity index is 1.99. The molecule has 0 bridgehead atoms. The molecule has 134 valence electrons. The topological polar surface area (TPSA) is 111 Å². The molecule has 4 N–H and O–H groups in total. The maximum atomic E-state index is 13.5. The van der Waals surface area contributed by atoms with Crippen molar-refractivity contribution >= 4 is 35.1 Å². The molecule has 3 rings (SSSR count). The fraction of sp³-hybridized carbons (Fsp3) is 0.167. The van der Waals surface area contributed by atoms with Crippen molar-refractivity contribution in [3.8, 4) is 0 Å². The molecular weight excluding hydrogens is 341 g/mol. The average molecular weight is 357 g/mol. The molecular formula is C18H16FN3O4. The zero-order chi connectivity index (χ0) is 19.0. The number of nitrogens with one attached hydrogen (secondary N) is 3. The van der Waals surface area contributed by atoms with Crippen molar-refractivity contribution < 1.29 is 23.9 Å². The Morgan fingerprint density at radius 2 is 2.04 bits per heavy atom. The maximum absolute atomic E-state index is 13.5. The first-order valence-corrected chi connectivity index (χ1v) is 7.80. The number of carbonyl (C=O) groups is 3. The Morgan fingerprint density at radius 1 is 1.31 bits per heavy atom. The van der Waals surface area contributed by atoms with E-state index >= 15 is 0 Å². The van der Waals surface area contributed by atoms with E-state index in [0.717, 1.165) is 0 Å². The first kappa shape index (κ1) is 17.4. The van der Waals surface area contributed by atoms with Crippen LogP contribution in [-0.4, -0.2) is 34.4 Å². The highest BCUT2D eigenvalue weighted by Gasteiger charge is 2.26. The molecule has 1 aromatic heterocycles. The summed E-state index contributed by atoms with van der Waals surface area (Å²) < 4.78 is 13.5. The smallest absolute Gasteiger partial charge is 0.322 e. The third kappa shape index (κ3) is 3.08. The predicted octanol–water partition coefficient (Wildman–Crippen LogP) is 2.08. The second-order valence-corrected chi connectivity index (χ2v) is 5.94. The van der Waals surface area contributed by atoms with Gasteiger partial charge < -0.3 is 20.7 Å². The largest absolute Gasteiger partial charge is 0.480 e. The molecule has 1 aromatic carbocycles.